The number of aliphatic carboxylic acids is 1. The summed E-state index contributed by atoms with van der Waals surface area (Å²) in [4.78, 5) is 13.5. The zero-order chi connectivity index (χ0) is 22.8. The van der Waals surface area contributed by atoms with Crippen molar-refractivity contribution < 1.29 is 20.1 Å². The second-order valence-electron chi connectivity index (χ2n) is 8.97. The Hall–Kier alpha value is -0.690. The van der Waals surface area contributed by atoms with Crippen LogP contribution in [0.4, 0.5) is 0 Å². The van der Waals surface area contributed by atoms with E-state index in [1.165, 1.54) is 71.1 Å². The molecule has 0 aliphatic heterocycles. The third-order valence-corrected chi connectivity index (χ3v) is 6.10. The molecule has 0 aromatic rings. The van der Waals surface area contributed by atoms with E-state index in [9.17, 15) is 20.1 Å². The van der Waals surface area contributed by atoms with E-state index >= 15 is 0 Å². The van der Waals surface area contributed by atoms with Crippen molar-refractivity contribution in [3.05, 3.63) is 0 Å². The molecule has 0 saturated heterocycles. The van der Waals surface area contributed by atoms with E-state index in [0.29, 0.717) is 13.0 Å². The van der Waals surface area contributed by atoms with Gasteiger partial charge in [-0.05, 0) is 26.7 Å². The lowest BCUT2D eigenvalue weighted by Crippen LogP contribution is -2.52. The Morgan fingerprint density at radius 3 is 1.70 bits per heavy atom. The van der Waals surface area contributed by atoms with Crippen LogP contribution in [-0.2, 0) is 4.79 Å². The average molecular weight is 431 g/mol. The molecule has 0 aromatic carbocycles. The minimum atomic E-state index is -1.02. The fourth-order valence-electron chi connectivity index (χ4n) is 4.12. The van der Waals surface area contributed by atoms with Crippen LogP contribution >= 0.6 is 0 Å². The first-order chi connectivity index (χ1) is 14.3. The molecule has 5 N–H and O–H groups in total. The average Bonchev–Trinajstić information content (AvgIpc) is 2.70. The summed E-state index contributed by atoms with van der Waals surface area (Å²) < 4.78 is 0. The molecule has 30 heavy (non-hydrogen) atoms. The third kappa shape index (κ3) is 14.3. The molecule has 4 atom stereocenters. The SMILES string of the molecule is CCCCCCCCCCCCCCC(C)N(CCC(O)CN)C(C(=O)O)C(C)O. The normalized spacial score (nSPS) is 15.8. The maximum atomic E-state index is 11.7. The minimum absolute atomic E-state index is 0.0359. The number of nitrogens with two attached hydrogens (primary N) is 1. The molecular formula is C24H50N2O4. The maximum Gasteiger partial charge on any atom is 0.323 e. The van der Waals surface area contributed by atoms with Gasteiger partial charge in [0.1, 0.15) is 6.04 Å². The highest BCUT2D eigenvalue weighted by molar-refractivity contribution is 5.74. The van der Waals surface area contributed by atoms with Crippen LogP contribution in [0.1, 0.15) is 111 Å². The van der Waals surface area contributed by atoms with Crippen molar-refractivity contribution in [3.63, 3.8) is 0 Å². The summed E-state index contributed by atoms with van der Waals surface area (Å²) in [6, 6.07) is -0.920. The lowest BCUT2D eigenvalue weighted by Gasteiger charge is -2.36. The highest BCUT2D eigenvalue weighted by Gasteiger charge is 2.33. The summed E-state index contributed by atoms with van der Waals surface area (Å²) in [6.07, 6.45) is 15.3. The zero-order valence-corrected chi connectivity index (χ0v) is 19.9. The van der Waals surface area contributed by atoms with Crippen LogP contribution in [0.25, 0.3) is 0 Å². The van der Waals surface area contributed by atoms with Crippen molar-refractivity contribution >= 4 is 5.97 Å². The van der Waals surface area contributed by atoms with Gasteiger partial charge in [0, 0.05) is 19.1 Å². The first kappa shape index (κ1) is 29.3. The molecule has 4 unspecified atom stereocenters. The fourth-order valence-corrected chi connectivity index (χ4v) is 4.12. The van der Waals surface area contributed by atoms with Crippen LogP contribution in [0, 0.1) is 0 Å². The Bertz CT molecular complexity index is 407. The van der Waals surface area contributed by atoms with Crippen molar-refractivity contribution in [2.75, 3.05) is 13.1 Å². The Balaban J connectivity index is 4.14. The number of unbranched alkanes of at least 4 members (excludes halogenated alkanes) is 11. The Labute approximate surface area is 185 Å². The molecule has 6 heteroatoms. The van der Waals surface area contributed by atoms with Gasteiger partial charge in [-0.2, -0.15) is 0 Å². The summed E-state index contributed by atoms with van der Waals surface area (Å²) in [7, 11) is 0. The lowest BCUT2D eigenvalue weighted by molar-refractivity contribution is -0.149. The molecule has 0 rings (SSSR count). The van der Waals surface area contributed by atoms with Gasteiger partial charge in [-0.25, -0.2) is 0 Å². The second kappa shape index (κ2) is 19.0. The molecule has 6 nitrogen and oxygen atoms in total. The van der Waals surface area contributed by atoms with E-state index in [0.717, 1.165) is 19.3 Å². The van der Waals surface area contributed by atoms with Crippen LogP contribution in [0.2, 0.25) is 0 Å². The number of hydrogen-bond donors (Lipinski definition) is 4. The number of carboxylic acid groups (broad SMARTS) is 1. The number of carbonyl (C=O) groups is 1. The molecule has 180 valence electrons. The van der Waals surface area contributed by atoms with Crippen molar-refractivity contribution in [3.8, 4) is 0 Å². The van der Waals surface area contributed by atoms with Crippen molar-refractivity contribution in [2.45, 2.75) is 135 Å². The molecule has 0 spiro atoms. The van der Waals surface area contributed by atoms with Gasteiger partial charge >= 0.3 is 5.97 Å². The van der Waals surface area contributed by atoms with E-state index in [1.807, 2.05) is 11.8 Å². The number of rotatable bonds is 21. The van der Waals surface area contributed by atoms with E-state index in [1.54, 1.807) is 0 Å². The van der Waals surface area contributed by atoms with Gasteiger partial charge < -0.3 is 21.1 Å². The quantitative estimate of drug-likeness (QED) is 0.202. The van der Waals surface area contributed by atoms with Gasteiger partial charge in [-0.3, -0.25) is 9.69 Å². The second-order valence-corrected chi connectivity index (χ2v) is 8.97. The first-order valence-electron chi connectivity index (χ1n) is 12.4. The zero-order valence-electron chi connectivity index (χ0n) is 19.9. The van der Waals surface area contributed by atoms with Crippen LogP contribution in [-0.4, -0.2) is 63.6 Å². The van der Waals surface area contributed by atoms with E-state index in [-0.39, 0.29) is 12.6 Å². The number of nitrogens with zero attached hydrogens (tertiary/aromatic N) is 1. The van der Waals surface area contributed by atoms with Gasteiger partial charge in [-0.1, -0.05) is 84.0 Å². The van der Waals surface area contributed by atoms with Crippen LogP contribution in [0.15, 0.2) is 0 Å². The minimum Gasteiger partial charge on any atom is -0.480 e. The molecule has 0 fully saturated rings. The number of carboxylic acids is 1. The molecule has 0 bridgehead atoms. The Morgan fingerprint density at radius 2 is 1.30 bits per heavy atom. The van der Waals surface area contributed by atoms with Gasteiger partial charge in [0.2, 0.25) is 0 Å². The first-order valence-corrected chi connectivity index (χ1v) is 12.4. The van der Waals surface area contributed by atoms with Gasteiger partial charge in [-0.15, -0.1) is 0 Å². The van der Waals surface area contributed by atoms with Gasteiger partial charge in [0.05, 0.1) is 12.2 Å². The molecule has 0 aliphatic carbocycles. The molecule has 0 radical (unpaired) electrons. The molecule has 0 amide bonds. The van der Waals surface area contributed by atoms with E-state index < -0.39 is 24.2 Å². The third-order valence-electron chi connectivity index (χ3n) is 6.10. The summed E-state index contributed by atoms with van der Waals surface area (Å²) >= 11 is 0. The smallest absolute Gasteiger partial charge is 0.323 e. The van der Waals surface area contributed by atoms with Crippen molar-refractivity contribution in [2.24, 2.45) is 5.73 Å². The summed E-state index contributed by atoms with van der Waals surface area (Å²) in [5.41, 5.74) is 5.48. The molecule has 0 heterocycles. The molecule has 0 aromatic heterocycles. The van der Waals surface area contributed by atoms with E-state index in [2.05, 4.69) is 6.92 Å². The van der Waals surface area contributed by atoms with Gasteiger partial charge in [0.25, 0.3) is 0 Å². The molecule has 0 saturated carbocycles. The number of aliphatic hydroxyl groups is 2. The van der Waals surface area contributed by atoms with Crippen LogP contribution < -0.4 is 5.73 Å². The predicted molar refractivity (Wildman–Crippen MR) is 125 cm³/mol. The topological polar surface area (TPSA) is 107 Å². The fraction of sp³-hybridized carbons (Fsp3) is 0.958. The van der Waals surface area contributed by atoms with Crippen LogP contribution in [0.3, 0.4) is 0 Å². The van der Waals surface area contributed by atoms with Crippen molar-refractivity contribution in [1.82, 2.24) is 4.90 Å². The number of aliphatic hydroxyl groups excluding tert-OH is 2. The predicted octanol–water partition coefficient (Wildman–Crippen LogP) is 4.31. The Morgan fingerprint density at radius 1 is 0.833 bits per heavy atom. The summed E-state index contributed by atoms with van der Waals surface area (Å²) in [6.45, 7) is 6.36. The van der Waals surface area contributed by atoms with Crippen LogP contribution in [0.5, 0.6) is 0 Å². The lowest BCUT2D eigenvalue weighted by atomic mass is 10.0. The van der Waals surface area contributed by atoms with E-state index in [4.69, 9.17) is 5.73 Å². The molecular weight excluding hydrogens is 380 g/mol. The highest BCUT2D eigenvalue weighted by Crippen LogP contribution is 2.18. The maximum absolute atomic E-state index is 11.7. The molecule has 0 aliphatic rings. The van der Waals surface area contributed by atoms with Gasteiger partial charge in [0.15, 0.2) is 0 Å². The largest absolute Gasteiger partial charge is 0.480 e. The summed E-state index contributed by atoms with van der Waals surface area (Å²) in [5, 5.41) is 29.3. The Kier molecular flexibility index (Phi) is 18.6. The standard InChI is InChI=1S/C24H50N2O4/c1-4-5-6-7-8-9-10-11-12-13-14-15-16-20(2)26(18-17-22(28)19-25)23(21(3)27)24(29)30/h20-23,27-28H,4-19,25H2,1-3H3,(H,29,30). The van der Waals surface area contributed by atoms with Crippen molar-refractivity contribution in [1.29, 1.82) is 0 Å². The number of hydrogen-bond acceptors (Lipinski definition) is 5. The monoisotopic (exact) mass is 430 g/mol. The highest BCUT2D eigenvalue weighted by atomic mass is 16.4. The summed E-state index contributed by atoms with van der Waals surface area (Å²) in [5.74, 6) is -1.02.